The van der Waals surface area contributed by atoms with Gasteiger partial charge in [-0.25, -0.2) is 4.68 Å². The highest BCUT2D eigenvalue weighted by Crippen LogP contribution is 2.47. The van der Waals surface area contributed by atoms with Crippen molar-refractivity contribution < 1.29 is 9.47 Å². The van der Waals surface area contributed by atoms with Crippen molar-refractivity contribution in [1.29, 1.82) is 0 Å². The third kappa shape index (κ3) is 4.53. The molecule has 7 heteroatoms. The highest BCUT2D eigenvalue weighted by Gasteiger charge is 2.30. The van der Waals surface area contributed by atoms with E-state index in [2.05, 4.69) is 53.6 Å². The van der Waals surface area contributed by atoms with E-state index >= 15 is 0 Å². The Bertz CT molecular complexity index is 1260. The SMILES string of the molecule is COc1ccc(-c2nn(COCC[Si](C)(C)C)c3c2Cc2sc(-c4cccnc4)cc2-3)cc1. The van der Waals surface area contributed by atoms with Gasteiger partial charge in [-0.2, -0.15) is 5.10 Å². The molecule has 0 spiro atoms. The van der Waals surface area contributed by atoms with Crippen molar-refractivity contribution in [2.24, 2.45) is 0 Å². The van der Waals surface area contributed by atoms with Gasteiger partial charge in [-0.1, -0.05) is 25.7 Å². The average Bonchev–Trinajstić information content (AvgIpc) is 3.47. The molecule has 170 valence electrons. The van der Waals surface area contributed by atoms with Crippen molar-refractivity contribution in [2.45, 2.75) is 38.8 Å². The quantitative estimate of drug-likeness (QED) is 0.188. The maximum absolute atomic E-state index is 6.12. The number of benzene rings is 1. The zero-order valence-electron chi connectivity index (χ0n) is 19.6. The van der Waals surface area contributed by atoms with Crippen LogP contribution in [-0.4, -0.2) is 36.6 Å². The van der Waals surface area contributed by atoms with Gasteiger partial charge in [0.2, 0.25) is 0 Å². The molecule has 0 amide bonds. The first kappa shape index (κ1) is 22.1. The Labute approximate surface area is 200 Å². The van der Waals surface area contributed by atoms with Gasteiger partial charge in [0.1, 0.15) is 12.5 Å². The van der Waals surface area contributed by atoms with Gasteiger partial charge in [0.15, 0.2) is 0 Å². The molecule has 33 heavy (non-hydrogen) atoms. The molecule has 0 bridgehead atoms. The highest BCUT2D eigenvalue weighted by molar-refractivity contribution is 7.16. The number of ether oxygens (including phenoxy) is 2. The van der Waals surface area contributed by atoms with Crippen molar-refractivity contribution in [3.63, 3.8) is 0 Å². The van der Waals surface area contributed by atoms with Gasteiger partial charge in [-0.15, -0.1) is 11.3 Å². The molecule has 0 saturated carbocycles. The minimum atomic E-state index is -1.13. The summed E-state index contributed by atoms with van der Waals surface area (Å²) in [6.45, 7) is 8.38. The van der Waals surface area contributed by atoms with Crippen molar-refractivity contribution in [3.05, 3.63) is 65.3 Å². The van der Waals surface area contributed by atoms with E-state index in [1.807, 2.05) is 41.9 Å². The lowest BCUT2D eigenvalue weighted by atomic mass is 10.1. The van der Waals surface area contributed by atoms with Crippen LogP contribution in [0.1, 0.15) is 10.4 Å². The van der Waals surface area contributed by atoms with Crippen LogP contribution in [0.2, 0.25) is 25.7 Å². The number of hydrogen-bond acceptors (Lipinski definition) is 5. The summed E-state index contributed by atoms with van der Waals surface area (Å²) in [5.74, 6) is 0.852. The Kier molecular flexibility index (Phi) is 5.95. The van der Waals surface area contributed by atoms with E-state index in [1.54, 1.807) is 7.11 Å². The molecule has 0 unspecified atom stereocenters. The Morgan fingerprint density at radius 1 is 1.09 bits per heavy atom. The number of methoxy groups -OCH3 is 1. The van der Waals surface area contributed by atoms with Crippen LogP contribution in [0.3, 0.4) is 0 Å². The van der Waals surface area contributed by atoms with Crippen molar-refractivity contribution in [3.8, 4) is 38.7 Å². The molecule has 5 rings (SSSR count). The molecule has 5 nitrogen and oxygen atoms in total. The van der Waals surface area contributed by atoms with E-state index < -0.39 is 8.07 Å². The fourth-order valence-electron chi connectivity index (χ4n) is 4.14. The Morgan fingerprint density at radius 2 is 1.91 bits per heavy atom. The molecule has 1 aliphatic carbocycles. The Balaban J connectivity index is 1.50. The third-order valence-electron chi connectivity index (χ3n) is 5.97. The number of rotatable bonds is 8. The standard InChI is InChI=1S/C26H29N3O2SSi/c1-30-20-9-7-18(8-10-20)25-22-15-24-21(14-23(32-24)19-6-5-11-27-16-19)26(22)29(28-25)17-31-12-13-33(2,3)4/h5-11,14,16H,12-13,15,17H2,1-4H3. The number of hydrogen-bond donors (Lipinski definition) is 0. The summed E-state index contributed by atoms with van der Waals surface area (Å²) in [6.07, 6.45) is 4.64. The second-order valence-electron chi connectivity index (χ2n) is 9.62. The van der Waals surface area contributed by atoms with Crippen LogP contribution in [0.5, 0.6) is 5.75 Å². The van der Waals surface area contributed by atoms with E-state index in [1.165, 1.54) is 26.6 Å². The predicted molar refractivity (Wildman–Crippen MR) is 138 cm³/mol. The summed E-state index contributed by atoms with van der Waals surface area (Å²) in [5, 5.41) is 5.03. The van der Waals surface area contributed by atoms with Gasteiger partial charge in [0.25, 0.3) is 0 Å². The van der Waals surface area contributed by atoms with E-state index in [-0.39, 0.29) is 0 Å². The first-order chi connectivity index (χ1) is 15.9. The van der Waals surface area contributed by atoms with Gasteiger partial charge in [0, 0.05) is 65.5 Å². The molecule has 3 aromatic heterocycles. The van der Waals surface area contributed by atoms with Crippen LogP contribution >= 0.6 is 11.3 Å². The van der Waals surface area contributed by atoms with E-state index in [0.717, 1.165) is 41.6 Å². The average molecular weight is 476 g/mol. The van der Waals surface area contributed by atoms with Crippen molar-refractivity contribution in [2.75, 3.05) is 13.7 Å². The molecule has 0 saturated heterocycles. The van der Waals surface area contributed by atoms with Crippen LogP contribution in [0.25, 0.3) is 33.0 Å². The summed E-state index contributed by atoms with van der Waals surface area (Å²) in [6, 6.07) is 15.7. The summed E-state index contributed by atoms with van der Waals surface area (Å²) in [7, 11) is 0.557. The molecular formula is C26H29N3O2SSi. The number of fused-ring (bicyclic) bond motifs is 3. The van der Waals surface area contributed by atoms with Crippen molar-refractivity contribution >= 4 is 19.4 Å². The van der Waals surface area contributed by atoms with Crippen LogP contribution in [0.15, 0.2) is 54.9 Å². The van der Waals surface area contributed by atoms with E-state index in [0.29, 0.717) is 6.73 Å². The number of nitrogens with zero attached hydrogens (tertiary/aromatic N) is 3. The first-order valence-corrected chi connectivity index (χ1v) is 15.8. The molecule has 0 fully saturated rings. The van der Waals surface area contributed by atoms with Crippen LogP contribution < -0.4 is 4.74 Å². The zero-order valence-corrected chi connectivity index (χ0v) is 21.4. The Hall–Kier alpha value is -2.74. The molecule has 0 N–H and O–H groups in total. The number of pyridine rings is 1. The molecule has 0 atom stereocenters. The van der Waals surface area contributed by atoms with Crippen LogP contribution in [0, 0.1) is 0 Å². The van der Waals surface area contributed by atoms with Crippen LogP contribution in [-0.2, 0) is 17.9 Å². The maximum Gasteiger partial charge on any atom is 0.140 e. The normalized spacial score (nSPS) is 12.6. The number of aromatic nitrogens is 3. The summed E-state index contributed by atoms with van der Waals surface area (Å²) in [4.78, 5) is 6.92. The summed E-state index contributed by atoms with van der Waals surface area (Å²) >= 11 is 1.85. The second kappa shape index (κ2) is 8.89. The van der Waals surface area contributed by atoms with Gasteiger partial charge < -0.3 is 9.47 Å². The van der Waals surface area contributed by atoms with Gasteiger partial charge in [-0.05, 0) is 42.4 Å². The maximum atomic E-state index is 6.12. The van der Waals surface area contributed by atoms with Gasteiger partial charge in [-0.3, -0.25) is 4.98 Å². The van der Waals surface area contributed by atoms with Gasteiger partial charge in [0.05, 0.1) is 18.5 Å². The van der Waals surface area contributed by atoms with Gasteiger partial charge >= 0.3 is 0 Å². The lowest BCUT2D eigenvalue weighted by Gasteiger charge is -2.15. The summed E-state index contributed by atoms with van der Waals surface area (Å²) in [5.41, 5.74) is 7.05. The topological polar surface area (TPSA) is 49.2 Å². The monoisotopic (exact) mass is 475 g/mol. The minimum Gasteiger partial charge on any atom is -0.497 e. The fraction of sp³-hybridized carbons (Fsp3) is 0.308. The zero-order chi connectivity index (χ0) is 23.0. The van der Waals surface area contributed by atoms with E-state index in [4.69, 9.17) is 14.6 Å². The predicted octanol–water partition coefficient (Wildman–Crippen LogP) is 6.57. The molecule has 0 radical (unpaired) electrons. The molecule has 4 aromatic rings. The summed E-state index contributed by atoms with van der Waals surface area (Å²) < 4.78 is 13.5. The molecule has 3 heterocycles. The third-order valence-corrected chi connectivity index (χ3v) is 8.86. The second-order valence-corrected chi connectivity index (χ2v) is 16.4. The fourth-order valence-corrected chi connectivity index (χ4v) is 6.06. The Morgan fingerprint density at radius 3 is 2.61 bits per heavy atom. The number of thiophene rings is 1. The lowest BCUT2D eigenvalue weighted by Crippen LogP contribution is -2.22. The smallest absolute Gasteiger partial charge is 0.140 e. The molecule has 1 aliphatic rings. The lowest BCUT2D eigenvalue weighted by molar-refractivity contribution is 0.0799. The molecule has 1 aromatic carbocycles. The highest BCUT2D eigenvalue weighted by atomic mass is 32.1. The minimum absolute atomic E-state index is 0.473. The largest absolute Gasteiger partial charge is 0.497 e. The van der Waals surface area contributed by atoms with Crippen LogP contribution in [0.4, 0.5) is 0 Å². The van der Waals surface area contributed by atoms with Crippen molar-refractivity contribution in [1.82, 2.24) is 14.8 Å². The molecule has 0 aliphatic heterocycles. The molecular weight excluding hydrogens is 446 g/mol. The van der Waals surface area contributed by atoms with E-state index in [9.17, 15) is 0 Å². The first-order valence-electron chi connectivity index (χ1n) is 11.3.